The largest absolute Gasteiger partial charge is 0.504 e. The third-order valence-corrected chi connectivity index (χ3v) is 3.62. The number of nitrogens with two attached hydrogens (primary N) is 2. The summed E-state index contributed by atoms with van der Waals surface area (Å²) in [7, 11) is 1.51. The molecule has 1 aliphatic rings. The molecule has 0 radical (unpaired) electrons. The van der Waals surface area contributed by atoms with Crippen LogP contribution in [0.2, 0.25) is 0 Å². The van der Waals surface area contributed by atoms with Crippen LogP contribution in [0.15, 0.2) is 53.7 Å². The van der Waals surface area contributed by atoms with Crippen molar-refractivity contribution in [3.63, 3.8) is 0 Å². The molecule has 0 amide bonds. The molecule has 6 heteroatoms. The smallest absolute Gasteiger partial charge is 0.160 e. The van der Waals surface area contributed by atoms with Crippen molar-refractivity contribution in [2.24, 2.45) is 10.7 Å². The van der Waals surface area contributed by atoms with Crippen LogP contribution in [0.1, 0.15) is 11.1 Å². The molecule has 1 heterocycles. The number of anilines is 1. The number of aliphatic imine (C=N–C) groups is 1. The first-order valence-corrected chi connectivity index (χ1v) is 7.12. The molecule has 0 bridgehead atoms. The molecule has 6 N–H and O–H groups in total. The van der Waals surface area contributed by atoms with E-state index in [4.69, 9.17) is 16.2 Å². The Morgan fingerprint density at radius 1 is 1.13 bits per heavy atom. The standard InChI is InChI=1S/C17H18N4O2/c1-23-15-7-4-11(8-14(15)22)13-9-20-17(19)16(21-13)10-2-5-12(18)6-3-10/h2-9,17,20,22H,18-19H2,1H3. The fourth-order valence-electron chi connectivity index (χ4n) is 2.37. The number of aromatic hydroxyl groups is 1. The molecule has 1 aliphatic heterocycles. The number of hydrogen-bond acceptors (Lipinski definition) is 6. The van der Waals surface area contributed by atoms with E-state index in [1.165, 1.54) is 7.11 Å². The van der Waals surface area contributed by atoms with Crippen molar-refractivity contribution >= 4 is 17.1 Å². The van der Waals surface area contributed by atoms with Crippen LogP contribution in [0.5, 0.6) is 11.5 Å². The minimum atomic E-state index is -0.408. The number of phenols is 1. The van der Waals surface area contributed by atoms with E-state index in [-0.39, 0.29) is 5.75 Å². The molecular formula is C17H18N4O2. The highest BCUT2D eigenvalue weighted by Crippen LogP contribution is 2.30. The predicted molar refractivity (Wildman–Crippen MR) is 91.1 cm³/mol. The Hall–Kier alpha value is -2.99. The Morgan fingerprint density at radius 3 is 2.48 bits per heavy atom. The number of nitrogens with one attached hydrogen (secondary N) is 1. The number of phenolic OH excluding ortho intramolecular Hbond substituents is 1. The van der Waals surface area contributed by atoms with Gasteiger partial charge in [-0.1, -0.05) is 12.1 Å². The highest BCUT2D eigenvalue weighted by atomic mass is 16.5. The first-order valence-electron chi connectivity index (χ1n) is 7.12. The van der Waals surface area contributed by atoms with E-state index in [0.717, 1.165) is 11.1 Å². The SMILES string of the molecule is COc1ccc(C2=CNC(N)C(c3ccc(N)cc3)=N2)cc1O. The van der Waals surface area contributed by atoms with Gasteiger partial charge in [0.25, 0.3) is 0 Å². The molecule has 0 spiro atoms. The van der Waals surface area contributed by atoms with Crippen molar-refractivity contribution in [2.75, 3.05) is 12.8 Å². The van der Waals surface area contributed by atoms with Crippen LogP contribution in [0, 0.1) is 0 Å². The highest BCUT2D eigenvalue weighted by molar-refractivity contribution is 6.07. The van der Waals surface area contributed by atoms with Crippen LogP contribution in [0.4, 0.5) is 5.69 Å². The molecule has 1 atom stereocenters. The maximum atomic E-state index is 9.93. The zero-order valence-electron chi connectivity index (χ0n) is 12.7. The van der Waals surface area contributed by atoms with Gasteiger partial charge in [-0.05, 0) is 35.9 Å². The monoisotopic (exact) mass is 310 g/mol. The van der Waals surface area contributed by atoms with Gasteiger partial charge in [-0.2, -0.15) is 0 Å². The summed E-state index contributed by atoms with van der Waals surface area (Å²) in [4.78, 5) is 4.63. The van der Waals surface area contributed by atoms with Gasteiger partial charge in [0.2, 0.25) is 0 Å². The highest BCUT2D eigenvalue weighted by Gasteiger charge is 2.18. The van der Waals surface area contributed by atoms with Crippen LogP contribution in [0.25, 0.3) is 5.70 Å². The first kappa shape index (κ1) is 14.9. The van der Waals surface area contributed by atoms with Gasteiger partial charge in [-0.3, -0.25) is 0 Å². The summed E-state index contributed by atoms with van der Waals surface area (Å²) in [5, 5.41) is 13.0. The minimum Gasteiger partial charge on any atom is -0.504 e. The zero-order valence-corrected chi connectivity index (χ0v) is 12.7. The average molecular weight is 310 g/mol. The van der Waals surface area contributed by atoms with Gasteiger partial charge in [0, 0.05) is 17.5 Å². The summed E-state index contributed by atoms with van der Waals surface area (Å²) in [6.45, 7) is 0. The van der Waals surface area contributed by atoms with Crippen LogP contribution < -0.4 is 21.5 Å². The fourth-order valence-corrected chi connectivity index (χ4v) is 2.37. The number of nitrogens with zero attached hydrogens (tertiary/aromatic N) is 1. The van der Waals surface area contributed by atoms with Gasteiger partial charge in [0.05, 0.1) is 18.5 Å². The molecule has 3 rings (SSSR count). The van der Waals surface area contributed by atoms with Gasteiger partial charge in [0.1, 0.15) is 6.17 Å². The minimum absolute atomic E-state index is 0.0602. The van der Waals surface area contributed by atoms with Crippen molar-refractivity contribution in [3.05, 3.63) is 59.8 Å². The number of rotatable bonds is 3. The maximum Gasteiger partial charge on any atom is 0.160 e. The second-order valence-corrected chi connectivity index (χ2v) is 5.18. The topological polar surface area (TPSA) is 106 Å². The molecule has 6 nitrogen and oxygen atoms in total. The molecular weight excluding hydrogens is 292 g/mol. The van der Waals surface area contributed by atoms with Crippen LogP contribution >= 0.6 is 0 Å². The fraction of sp³-hybridized carbons (Fsp3) is 0.118. The second-order valence-electron chi connectivity index (χ2n) is 5.18. The molecule has 0 aliphatic carbocycles. The first-order chi connectivity index (χ1) is 11.1. The van der Waals surface area contributed by atoms with Crippen molar-refractivity contribution in [1.82, 2.24) is 5.32 Å². The lowest BCUT2D eigenvalue weighted by atomic mass is 10.0. The van der Waals surface area contributed by atoms with Gasteiger partial charge >= 0.3 is 0 Å². The van der Waals surface area contributed by atoms with Crippen LogP contribution in [-0.2, 0) is 0 Å². The number of nitrogen functional groups attached to an aromatic ring is 1. The molecule has 118 valence electrons. The number of ether oxygens (including phenoxy) is 1. The molecule has 0 saturated carbocycles. The van der Waals surface area contributed by atoms with Crippen molar-refractivity contribution < 1.29 is 9.84 Å². The van der Waals surface area contributed by atoms with Crippen molar-refractivity contribution in [1.29, 1.82) is 0 Å². The zero-order chi connectivity index (χ0) is 16.4. The van der Waals surface area contributed by atoms with Crippen LogP contribution in [0.3, 0.4) is 0 Å². The van der Waals surface area contributed by atoms with E-state index in [2.05, 4.69) is 10.3 Å². The lowest BCUT2D eigenvalue weighted by Gasteiger charge is -2.21. The molecule has 2 aromatic rings. The summed E-state index contributed by atoms with van der Waals surface area (Å²) in [6, 6.07) is 12.5. The van der Waals surface area contributed by atoms with Gasteiger partial charge in [0.15, 0.2) is 11.5 Å². The summed E-state index contributed by atoms with van der Waals surface area (Å²) in [6.07, 6.45) is 1.32. The molecule has 0 aromatic heterocycles. The molecule has 23 heavy (non-hydrogen) atoms. The molecule has 0 saturated heterocycles. The second kappa shape index (κ2) is 6.02. The quantitative estimate of drug-likeness (QED) is 0.645. The van der Waals surface area contributed by atoms with Crippen molar-refractivity contribution in [3.8, 4) is 11.5 Å². The summed E-state index contributed by atoms with van der Waals surface area (Å²) in [5.41, 5.74) is 15.5. The molecule has 2 aromatic carbocycles. The van der Waals surface area contributed by atoms with Gasteiger partial charge in [-0.15, -0.1) is 0 Å². The van der Waals surface area contributed by atoms with E-state index >= 15 is 0 Å². The molecule has 0 fully saturated rings. The Morgan fingerprint density at radius 2 is 1.83 bits per heavy atom. The van der Waals surface area contributed by atoms with E-state index in [9.17, 15) is 5.11 Å². The number of methoxy groups -OCH3 is 1. The summed E-state index contributed by atoms with van der Waals surface area (Å²) in [5.74, 6) is 0.475. The summed E-state index contributed by atoms with van der Waals surface area (Å²) < 4.78 is 5.05. The Bertz CT molecular complexity index is 782. The molecule has 1 unspecified atom stereocenters. The third kappa shape index (κ3) is 2.97. The number of benzene rings is 2. The van der Waals surface area contributed by atoms with E-state index in [1.807, 2.05) is 30.3 Å². The summed E-state index contributed by atoms with van der Waals surface area (Å²) >= 11 is 0. The normalized spacial score (nSPS) is 17.0. The Balaban J connectivity index is 1.97. The van der Waals surface area contributed by atoms with E-state index < -0.39 is 6.17 Å². The van der Waals surface area contributed by atoms with E-state index in [0.29, 0.717) is 22.8 Å². The maximum absolute atomic E-state index is 9.93. The van der Waals surface area contributed by atoms with Crippen molar-refractivity contribution in [2.45, 2.75) is 6.17 Å². The van der Waals surface area contributed by atoms with Gasteiger partial charge in [-0.25, -0.2) is 4.99 Å². The van der Waals surface area contributed by atoms with Gasteiger partial charge < -0.3 is 26.6 Å². The predicted octanol–water partition coefficient (Wildman–Crippen LogP) is 1.66. The Kier molecular flexibility index (Phi) is 3.91. The Labute approximate surface area is 134 Å². The lowest BCUT2D eigenvalue weighted by molar-refractivity contribution is 0.373. The van der Waals surface area contributed by atoms with E-state index in [1.54, 1.807) is 18.3 Å². The average Bonchev–Trinajstić information content (AvgIpc) is 2.56. The van der Waals surface area contributed by atoms with Crippen LogP contribution in [-0.4, -0.2) is 24.1 Å². The third-order valence-electron chi connectivity index (χ3n) is 3.62. The number of hydrogen-bond donors (Lipinski definition) is 4. The lowest BCUT2D eigenvalue weighted by Crippen LogP contribution is -2.44.